The van der Waals surface area contributed by atoms with E-state index < -0.39 is 16.6 Å². The van der Waals surface area contributed by atoms with Crippen LogP contribution in [0.1, 0.15) is 12.8 Å². The minimum Gasteiger partial charge on any atom is -0.493 e. The summed E-state index contributed by atoms with van der Waals surface area (Å²) < 4.78 is 19.4. The molecule has 0 saturated heterocycles. The van der Waals surface area contributed by atoms with Crippen molar-refractivity contribution in [2.75, 3.05) is 11.9 Å². The van der Waals surface area contributed by atoms with Gasteiger partial charge in [-0.15, -0.1) is 0 Å². The van der Waals surface area contributed by atoms with Crippen LogP contribution in [0.2, 0.25) is 0 Å². The van der Waals surface area contributed by atoms with Crippen molar-refractivity contribution in [3.8, 4) is 5.75 Å². The largest absolute Gasteiger partial charge is 0.493 e. The van der Waals surface area contributed by atoms with Crippen LogP contribution in [0.3, 0.4) is 0 Å². The van der Waals surface area contributed by atoms with Crippen LogP contribution in [0.5, 0.6) is 5.75 Å². The number of nitrogens with zero attached hydrogens (tertiary/aromatic N) is 1. The van der Waals surface area contributed by atoms with Crippen LogP contribution in [-0.2, 0) is 4.79 Å². The summed E-state index contributed by atoms with van der Waals surface area (Å²) >= 11 is 0. The molecule has 0 radical (unpaired) electrons. The van der Waals surface area contributed by atoms with Gasteiger partial charge in [0.05, 0.1) is 17.2 Å². The minimum absolute atomic E-state index is 0.104. The molecule has 3 aromatic rings. The number of non-ortho nitro benzene ring substituents is 1. The number of hydrogen-bond acceptors (Lipinski definition) is 4. The highest BCUT2D eigenvalue weighted by Crippen LogP contribution is 2.25. The van der Waals surface area contributed by atoms with Gasteiger partial charge in [0.2, 0.25) is 5.91 Å². The van der Waals surface area contributed by atoms with Crippen LogP contribution in [0.15, 0.2) is 60.7 Å². The first-order chi connectivity index (χ1) is 13.0. The van der Waals surface area contributed by atoms with Crippen LogP contribution in [0.25, 0.3) is 10.8 Å². The van der Waals surface area contributed by atoms with E-state index in [2.05, 4.69) is 5.32 Å². The summed E-state index contributed by atoms with van der Waals surface area (Å²) in [5, 5.41) is 15.2. The normalized spacial score (nSPS) is 10.6. The van der Waals surface area contributed by atoms with Gasteiger partial charge in [-0.25, -0.2) is 4.39 Å². The number of carbonyl (C=O) groups excluding carboxylic acids is 1. The van der Waals surface area contributed by atoms with Crippen molar-refractivity contribution < 1.29 is 18.8 Å². The second kappa shape index (κ2) is 8.27. The van der Waals surface area contributed by atoms with Crippen molar-refractivity contribution >= 4 is 28.1 Å². The topological polar surface area (TPSA) is 81.5 Å². The Balaban J connectivity index is 1.53. The Morgan fingerprint density at radius 2 is 1.89 bits per heavy atom. The molecule has 0 fully saturated rings. The average molecular weight is 368 g/mol. The lowest BCUT2D eigenvalue weighted by atomic mass is 10.1. The third kappa shape index (κ3) is 4.58. The first-order valence-electron chi connectivity index (χ1n) is 8.39. The molecule has 3 rings (SSSR count). The predicted molar refractivity (Wildman–Crippen MR) is 100 cm³/mol. The number of nitro groups is 1. The molecule has 27 heavy (non-hydrogen) atoms. The number of anilines is 1. The van der Waals surface area contributed by atoms with Gasteiger partial charge >= 0.3 is 0 Å². The lowest BCUT2D eigenvalue weighted by molar-refractivity contribution is -0.384. The van der Waals surface area contributed by atoms with Crippen molar-refractivity contribution in [1.29, 1.82) is 0 Å². The molecule has 3 aromatic carbocycles. The van der Waals surface area contributed by atoms with Gasteiger partial charge in [0.25, 0.3) is 5.69 Å². The molecule has 0 unspecified atom stereocenters. The maximum absolute atomic E-state index is 13.7. The van der Waals surface area contributed by atoms with Gasteiger partial charge in [0, 0.05) is 23.9 Å². The maximum Gasteiger partial charge on any atom is 0.271 e. The second-order valence-electron chi connectivity index (χ2n) is 5.90. The Bertz CT molecular complexity index is 985. The predicted octanol–water partition coefficient (Wildman–Crippen LogP) is 4.68. The van der Waals surface area contributed by atoms with Crippen LogP contribution in [0.4, 0.5) is 15.8 Å². The molecule has 0 atom stereocenters. The highest BCUT2D eigenvalue weighted by Gasteiger charge is 2.13. The van der Waals surface area contributed by atoms with E-state index in [1.807, 2.05) is 42.5 Å². The number of amides is 1. The van der Waals surface area contributed by atoms with Gasteiger partial charge in [-0.1, -0.05) is 36.4 Å². The van der Waals surface area contributed by atoms with E-state index in [0.717, 1.165) is 34.7 Å². The molecule has 0 heterocycles. The number of carbonyl (C=O) groups is 1. The van der Waals surface area contributed by atoms with E-state index in [4.69, 9.17) is 4.74 Å². The number of ether oxygens (including phenoxy) is 1. The molecule has 0 saturated carbocycles. The zero-order valence-electron chi connectivity index (χ0n) is 14.4. The second-order valence-corrected chi connectivity index (χ2v) is 5.90. The van der Waals surface area contributed by atoms with Gasteiger partial charge in [-0.3, -0.25) is 14.9 Å². The van der Waals surface area contributed by atoms with Crippen LogP contribution in [-0.4, -0.2) is 17.4 Å². The summed E-state index contributed by atoms with van der Waals surface area (Å²) in [5.74, 6) is -0.421. The number of nitrogens with one attached hydrogen (secondary N) is 1. The Morgan fingerprint density at radius 3 is 2.70 bits per heavy atom. The number of rotatable bonds is 7. The van der Waals surface area contributed by atoms with Gasteiger partial charge < -0.3 is 10.1 Å². The number of hydrogen-bond donors (Lipinski definition) is 1. The molecule has 0 aliphatic carbocycles. The average Bonchev–Trinajstić information content (AvgIpc) is 2.67. The van der Waals surface area contributed by atoms with Gasteiger partial charge in [0.1, 0.15) is 11.6 Å². The van der Waals surface area contributed by atoms with Gasteiger partial charge in [-0.2, -0.15) is 0 Å². The molecular formula is C20H17FN2O4. The van der Waals surface area contributed by atoms with E-state index in [0.29, 0.717) is 13.0 Å². The van der Waals surface area contributed by atoms with Crippen molar-refractivity contribution in [2.24, 2.45) is 0 Å². The fourth-order valence-electron chi connectivity index (χ4n) is 2.67. The van der Waals surface area contributed by atoms with Gasteiger partial charge in [-0.05, 0) is 23.9 Å². The third-order valence-corrected chi connectivity index (χ3v) is 3.99. The number of benzene rings is 3. The first kappa shape index (κ1) is 18.3. The molecule has 0 aromatic heterocycles. The van der Waals surface area contributed by atoms with Crippen LogP contribution < -0.4 is 10.1 Å². The minimum atomic E-state index is -0.721. The Hall–Kier alpha value is -3.48. The monoisotopic (exact) mass is 368 g/mol. The van der Waals surface area contributed by atoms with Crippen molar-refractivity contribution in [2.45, 2.75) is 12.8 Å². The number of nitro benzene ring substituents is 1. The Labute approximate surface area is 154 Å². The number of fused-ring (bicyclic) bond motifs is 1. The van der Waals surface area contributed by atoms with E-state index in [9.17, 15) is 19.3 Å². The zero-order chi connectivity index (χ0) is 19.2. The lowest BCUT2D eigenvalue weighted by Crippen LogP contribution is -2.14. The summed E-state index contributed by atoms with van der Waals surface area (Å²) in [6, 6.07) is 16.6. The van der Waals surface area contributed by atoms with E-state index >= 15 is 0 Å². The highest BCUT2D eigenvalue weighted by molar-refractivity contribution is 5.91. The molecule has 6 nitrogen and oxygen atoms in total. The van der Waals surface area contributed by atoms with E-state index in [-0.39, 0.29) is 17.8 Å². The standard InChI is InChI=1S/C20H17FN2O4/c21-17-11-10-15(23(25)26)13-18(17)22-20(24)9-4-12-27-19-8-3-6-14-5-1-2-7-16(14)19/h1-3,5-8,10-11,13H,4,9,12H2,(H,22,24). The third-order valence-electron chi connectivity index (χ3n) is 3.99. The molecule has 0 aliphatic heterocycles. The Morgan fingerprint density at radius 1 is 1.11 bits per heavy atom. The molecule has 138 valence electrons. The molecular weight excluding hydrogens is 351 g/mol. The summed E-state index contributed by atoms with van der Waals surface area (Å²) in [4.78, 5) is 22.1. The van der Waals surface area contributed by atoms with Crippen LogP contribution >= 0.6 is 0 Å². The molecule has 0 bridgehead atoms. The van der Waals surface area contributed by atoms with E-state index in [1.165, 1.54) is 0 Å². The van der Waals surface area contributed by atoms with E-state index in [1.54, 1.807) is 0 Å². The summed E-state index contributed by atoms with van der Waals surface area (Å²) in [6.07, 6.45) is 0.526. The molecule has 7 heteroatoms. The smallest absolute Gasteiger partial charge is 0.271 e. The van der Waals surface area contributed by atoms with Crippen molar-refractivity contribution in [3.63, 3.8) is 0 Å². The molecule has 0 spiro atoms. The zero-order valence-corrected chi connectivity index (χ0v) is 14.4. The first-order valence-corrected chi connectivity index (χ1v) is 8.39. The molecule has 1 amide bonds. The highest BCUT2D eigenvalue weighted by atomic mass is 19.1. The SMILES string of the molecule is O=C(CCCOc1cccc2ccccc12)Nc1cc([N+](=O)[O-])ccc1F. The molecule has 1 N–H and O–H groups in total. The lowest BCUT2D eigenvalue weighted by Gasteiger charge is -2.10. The Kier molecular flexibility index (Phi) is 5.61. The summed E-state index contributed by atoms with van der Waals surface area (Å²) in [6.45, 7) is 0.318. The molecule has 0 aliphatic rings. The van der Waals surface area contributed by atoms with Crippen molar-refractivity contribution in [3.05, 3.63) is 76.6 Å². The fraction of sp³-hybridized carbons (Fsp3) is 0.150. The van der Waals surface area contributed by atoms with Crippen LogP contribution in [0, 0.1) is 15.9 Å². The quantitative estimate of drug-likeness (QED) is 0.373. The maximum atomic E-state index is 13.7. The van der Waals surface area contributed by atoms with Crippen molar-refractivity contribution in [1.82, 2.24) is 0 Å². The summed E-state index contributed by atoms with van der Waals surface area (Å²) in [5.41, 5.74) is -0.491. The summed E-state index contributed by atoms with van der Waals surface area (Å²) in [7, 11) is 0. The fourth-order valence-corrected chi connectivity index (χ4v) is 2.67. The van der Waals surface area contributed by atoms with Gasteiger partial charge in [0.15, 0.2) is 0 Å². The number of halogens is 1.